The first-order valence-corrected chi connectivity index (χ1v) is 10.0. The highest BCUT2D eigenvalue weighted by atomic mass is 35.5. The Morgan fingerprint density at radius 2 is 1.85 bits per heavy atom. The number of piperazine rings is 1. The van der Waals surface area contributed by atoms with Crippen LogP contribution in [-0.2, 0) is 0 Å². The summed E-state index contributed by atoms with van der Waals surface area (Å²) < 4.78 is 0. The lowest BCUT2D eigenvalue weighted by atomic mass is 10.2. The molecule has 3 heterocycles. The molecule has 1 saturated heterocycles. The summed E-state index contributed by atoms with van der Waals surface area (Å²) in [5, 5.41) is 4.23. The molecule has 0 saturated carbocycles. The molecule has 1 aliphatic heterocycles. The molecule has 0 N–H and O–H groups in total. The molecule has 4 nitrogen and oxygen atoms in total. The fraction of sp³-hybridized carbons (Fsp3) is 0.263. The van der Waals surface area contributed by atoms with Gasteiger partial charge < -0.3 is 9.80 Å². The number of hydrogen-bond donors (Lipinski definition) is 0. The molecule has 0 bridgehead atoms. The highest BCUT2D eigenvalue weighted by Crippen LogP contribution is 2.34. The van der Waals surface area contributed by atoms with Gasteiger partial charge in [-0.05, 0) is 37.4 Å². The number of halogens is 2. The molecule has 3 aromatic rings. The normalized spacial score (nSPS) is 15.4. The Morgan fingerprint density at radius 1 is 1.04 bits per heavy atom. The molecule has 1 aromatic carbocycles. The van der Waals surface area contributed by atoms with Crippen molar-refractivity contribution < 1.29 is 0 Å². The van der Waals surface area contributed by atoms with Gasteiger partial charge in [0.1, 0.15) is 10.8 Å². The number of nitrogens with zero attached hydrogens (tertiary/aromatic N) is 4. The summed E-state index contributed by atoms with van der Waals surface area (Å²) in [6.45, 7) is 4.11. The van der Waals surface area contributed by atoms with Crippen molar-refractivity contribution in [1.82, 2.24) is 14.9 Å². The monoisotopic (exact) mass is 404 g/mol. The number of thiazole rings is 1. The minimum Gasteiger partial charge on any atom is -0.354 e. The number of likely N-dealkylation sites (N-methyl/N-ethyl adjacent to an activating group) is 1. The molecule has 0 radical (unpaired) electrons. The Labute approximate surface area is 167 Å². The largest absolute Gasteiger partial charge is 0.354 e. The van der Waals surface area contributed by atoms with Crippen molar-refractivity contribution in [2.24, 2.45) is 0 Å². The smallest absolute Gasteiger partial charge is 0.129 e. The zero-order valence-corrected chi connectivity index (χ0v) is 16.7. The molecule has 26 heavy (non-hydrogen) atoms. The van der Waals surface area contributed by atoms with Crippen LogP contribution in [0, 0.1) is 0 Å². The predicted molar refractivity (Wildman–Crippen MR) is 111 cm³/mol. The van der Waals surface area contributed by atoms with Crippen molar-refractivity contribution in [3.8, 4) is 21.8 Å². The van der Waals surface area contributed by atoms with E-state index >= 15 is 0 Å². The molecular weight excluding hydrogens is 387 g/mol. The van der Waals surface area contributed by atoms with E-state index in [1.165, 1.54) is 0 Å². The van der Waals surface area contributed by atoms with Crippen LogP contribution in [0.5, 0.6) is 0 Å². The first kappa shape index (κ1) is 17.7. The van der Waals surface area contributed by atoms with Crippen molar-refractivity contribution in [3.05, 3.63) is 52.0 Å². The summed E-state index contributed by atoms with van der Waals surface area (Å²) in [4.78, 5) is 14.0. The van der Waals surface area contributed by atoms with Gasteiger partial charge in [0.2, 0.25) is 0 Å². The van der Waals surface area contributed by atoms with Gasteiger partial charge in [0.05, 0.1) is 10.7 Å². The summed E-state index contributed by atoms with van der Waals surface area (Å²) in [7, 11) is 2.15. The topological polar surface area (TPSA) is 32.3 Å². The van der Waals surface area contributed by atoms with E-state index in [1.807, 2.05) is 29.8 Å². The maximum Gasteiger partial charge on any atom is 0.129 e. The van der Waals surface area contributed by atoms with Crippen LogP contribution < -0.4 is 4.90 Å². The molecule has 1 aliphatic rings. The average molecular weight is 405 g/mol. The van der Waals surface area contributed by atoms with Gasteiger partial charge in [0.25, 0.3) is 0 Å². The molecule has 134 valence electrons. The summed E-state index contributed by atoms with van der Waals surface area (Å²) in [5.41, 5.74) is 2.84. The fourth-order valence-corrected chi connectivity index (χ4v) is 4.31. The molecule has 0 atom stereocenters. The zero-order chi connectivity index (χ0) is 18.1. The van der Waals surface area contributed by atoms with Gasteiger partial charge in [-0.25, -0.2) is 9.97 Å². The second-order valence-electron chi connectivity index (χ2n) is 6.36. The number of hydrogen-bond acceptors (Lipinski definition) is 5. The quantitative estimate of drug-likeness (QED) is 0.619. The lowest BCUT2D eigenvalue weighted by molar-refractivity contribution is 0.312. The van der Waals surface area contributed by atoms with E-state index in [0.717, 1.165) is 53.8 Å². The van der Waals surface area contributed by atoms with E-state index < -0.39 is 0 Å². The highest BCUT2D eigenvalue weighted by molar-refractivity contribution is 7.13. The van der Waals surface area contributed by atoms with Crippen LogP contribution in [0.2, 0.25) is 10.0 Å². The molecule has 2 aromatic heterocycles. The third kappa shape index (κ3) is 3.71. The van der Waals surface area contributed by atoms with E-state index in [1.54, 1.807) is 17.4 Å². The second-order valence-corrected chi connectivity index (χ2v) is 8.06. The van der Waals surface area contributed by atoms with Crippen LogP contribution in [0.3, 0.4) is 0 Å². The Morgan fingerprint density at radius 3 is 2.62 bits per heavy atom. The number of aromatic nitrogens is 2. The van der Waals surface area contributed by atoms with Gasteiger partial charge in [0, 0.05) is 53.9 Å². The van der Waals surface area contributed by atoms with Crippen molar-refractivity contribution in [3.63, 3.8) is 0 Å². The van der Waals surface area contributed by atoms with Gasteiger partial charge in [-0.1, -0.05) is 23.2 Å². The molecule has 4 rings (SSSR count). The summed E-state index contributed by atoms with van der Waals surface area (Å²) in [5.74, 6) is 1.01. The lowest BCUT2D eigenvalue weighted by Crippen LogP contribution is -2.44. The summed E-state index contributed by atoms with van der Waals surface area (Å²) >= 11 is 13.9. The number of pyridine rings is 1. The predicted octanol–water partition coefficient (Wildman–Crippen LogP) is 4.93. The van der Waals surface area contributed by atoms with Crippen molar-refractivity contribution in [2.75, 3.05) is 38.1 Å². The minimum absolute atomic E-state index is 0.613. The fourth-order valence-electron chi connectivity index (χ4n) is 2.99. The first-order chi connectivity index (χ1) is 12.6. The minimum atomic E-state index is 0.613. The molecule has 0 spiro atoms. The number of benzene rings is 1. The Bertz CT molecular complexity index is 919. The van der Waals surface area contributed by atoms with Crippen LogP contribution in [0.4, 0.5) is 5.82 Å². The van der Waals surface area contributed by atoms with Crippen LogP contribution in [0.25, 0.3) is 21.8 Å². The average Bonchev–Trinajstić information content (AvgIpc) is 3.12. The number of rotatable bonds is 3. The van der Waals surface area contributed by atoms with Crippen molar-refractivity contribution in [1.29, 1.82) is 0 Å². The van der Waals surface area contributed by atoms with E-state index in [0.29, 0.717) is 10.0 Å². The van der Waals surface area contributed by atoms with Crippen LogP contribution in [0.15, 0.2) is 41.9 Å². The second kappa shape index (κ2) is 7.53. The van der Waals surface area contributed by atoms with E-state index in [9.17, 15) is 0 Å². The van der Waals surface area contributed by atoms with Gasteiger partial charge in [-0.15, -0.1) is 11.3 Å². The maximum atomic E-state index is 6.32. The van der Waals surface area contributed by atoms with Gasteiger partial charge in [-0.3, -0.25) is 0 Å². The maximum absolute atomic E-state index is 6.32. The lowest BCUT2D eigenvalue weighted by Gasteiger charge is -2.33. The van der Waals surface area contributed by atoms with Crippen molar-refractivity contribution >= 4 is 40.4 Å². The third-order valence-corrected chi connectivity index (χ3v) is 5.97. The first-order valence-electron chi connectivity index (χ1n) is 8.41. The third-order valence-electron chi connectivity index (χ3n) is 4.53. The van der Waals surface area contributed by atoms with Gasteiger partial charge >= 0.3 is 0 Å². The van der Waals surface area contributed by atoms with E-state index in [2.05, 4.69) is 27.9 Å². The number of anilines is 1. The highest BCUT2D eigenvalue weighted by Gasteiger charge is 2.16. The Hall–Kier alpha value is -1.66. The SMILES string of the molecule is CN1CCN(c2cc(-c3nc(-c4ccc(Cl)cc4Cl)cs3)ccn2)CC1. The molecule has 7 heteroatoms. The van der Waals surface area contributed by atoms with Crippen LogP contribution in [-0.4, -0.2) is 48.1 Å². The molecule has 1 fully saturated rings. The molecule has 0 unspecified atom stereocenters. The van der Waals surface area contributed by atoms with Gasteiger partial charge in [0.15, 0.2) is 0 Å². The Balaban J connectivity index is 1.60. The van der Waals surface area contributed by atoms with Crippen LogP contribution in [0.1, 0.15) is 0 Å². The summed E-state index contributed by atoms with van der Waals surface area (Å²) in [6.07, 6.45) is 1.86. The van der Waals surface area contributed by atoms with Gasteiger partial charge in [-0.2, -0.15) is 0 Å². The standard InChI is InChI=1S/C19H18Cl2N4S/c1-24-6-8-25(9-7-24)18-10-13(4-5-22-18)19-23-17(12-26-19)15-3-2-14(20)11-16(15)21/h2-5,10-12H,6-9H2,1H3. The molecular formula is C19H18Cl2N4S. The van der Waals surface area contributed by atoms with Crippen molar-refractivity contribution in [2.45, 2.75) is 0 Å². The van der Waals surface area contributed by atoms with E-state index in [4.69, 9.17) is 28.2 Å². The van der Waals surface area contributed by atoms with E-state index in [-0.39, 0.29) is 0 Å². The summed E-state index contributed by atoms with van der Waals surface area (Å²) in [6, 6.07) is 9.61. The zero-order valence-electron chi connectivity index (χ0n) is 14.3. The Kier molecular flexibility index (Phi) is 5.14. The van der Waals surface area contributed by atoms with Crippen LogP contribution >= 0.6 is 34.5 Å². The molecule has 0 amide bonds. The molecule has 0 aliphatic carbocycles.